The van der Waals surface area contributed by atoms with Crippen LogP contribution in [-0.4, -0.2) is 4.92 Å². The van der Waals surface area contributed by atoms with E-state index in [0.29, 0.717) is 0 Å². The number of para-hydroxylation sites is 3. The van der Waals surface area contributed by atoms with Crippen LogP contribution in [0.2, 0.25) is 0 Å². The van der Waals surface area contributed by atoms with Gasteiger partial charge in [-0.25, -0.2) is 0 Å². The van der Waals surface area contributed by atoms with E-state index >= 15 is 0 Å². The smallest absolute Gasteiger partial charge is 0.292 e. The Bertz CT molecular complexity index is 1850. The van der Waals surface area contributed by atoms with E-state index in [9.17, 15) is 11.5 Å². The second-order valence-electron chi connectivity index (χ2n) is 6.81. The van der Waals surface area contributed by atoms with Crippen molar-refractivity contribution in [2.24, 2.45) is 0 Å². The van der Waals surface area contributed by atoms with E-state index in [0.717, 1.165) is 6.07 Å². The summed E-state index contributed by atoms with van der Waals surface area (Å²) >= 11 is 3.26. The molecular weight excluding hydrogens is 452 g/mol. The molecule has 0 spiro atoms. The lowest BCUT2D eigenvalue weighted by Gasteiger charge is -2.42. The van der Waals surface area contributed by atoms with Crippen LogP contribution in [0.4, 0.5) is 17.1 Å². The lowest BCUT2D eigenvalue weighted by Crippen LogP contribution is -2.33. The minimum Gasteiger partial charge on any atom is -0.348 e. The van der Waals surface area contributed by atoms with Crippen LogP contribution in [-0.2, 0) is 10.8 Å². The molecular formula is C26H27BrN2O2. The van der Waals surface area contributed by atoms with Crippen LogP contribution >= 0.6 is 15.9 Å². The number of nitrogens with zero attached hydrogens (tertiary/aromatic N) is 1. The highest BCUT2D eigenvalue weighted by Gasteiger charge is 2.37. The standard InChI is InChI=1S/C26H27BrN2O2/c1-25(2)14-15-26(3,4)20-16-17(12-13-19(20)25)18-8-7-9-21(27)24(18)28-22-10-5-6-11-23(22)29(30)31/h5-13,16,28H,14-15H2,1-4H3/i1D3,2D3,3D3,4D3,12D,13D,14D2,15D2,16D. The maximum absolute atomic E-state index is 11.8. The molecule has 0 aromatic heterocycles. The van der Waals surface area contributed by atoms with Gasteiger partial charge < -0.3 is 5.32 Å². The highest BCUT2D eigenvalue weighted by molar-refractivity contribution is 9.10. The summed E-state index contributed by atoms with van der Waals surface area (Å²) in [7, 11) is 0. The largest absolute Gasteiger partial charge is 0.348 e. The Morgan fingerprint density at radius 3 is 2.48 bits per heavy atom. The van der Waals surface area contributed by atoms with Crippen LogP contribution in [0, 0.1) is 10.1 Å². The molecule has 0 saturated carbocycles. The number of nitro groups is 1. The Kier molecular flexibility index (Phi) is 2.10. The summed E-state index contributed by atoms with van der Waals surface area (Å²) < 4.78 is 164. The molecule has 3 aromatic rings. The number of nitro benzene ring substituents is 1. The molecule has 0 heterocycles. The van der Waals surface area contributed by atoms with Gasteiger partial charge in [-0.05, 0) is 68.3 Å². The highest BCUT2D eigenvalue weighted by atomic mass is 79.9. The van der Waals surface area contributed by atoms with Gasteiger partial charge in [-0.3, -0.25) is 10.1 Å². The van der Waals surface area contributed by atoms with Crippen LogP contribution in [0.3, 0.4) is 0 Å². The number of hydrogen-bond acceptors (Lipinski definition) is 3. The van der Waals surface area contributed by atoms with Crippen molar-refractivity contribution in [1.82, 2.24) is 0 Å². The molecule has 4 rings (SSSR count). The lowest BCUT2D eigenvalue weighted by atomic mass is 9.63. The molecule has 3 aromatic carbocycles. The number of anilines is 2. The fraction of sp³-hybridized carbons (Fsp3) is 0.308. The van der Waals surface area contributed by atoms with Gasteiger partial charge in [0.05, 0.1) is 14.7 Å². The van der Waals surface area contributed by atoms with Crippen LogP contribution in [0.1, 0.15) is 77.3 Å². The van der Waals surface area contributed by atoms with E-state index in [1.54, 1.807) is 0 Å². The lowest BCUT2D eigenvalue weighted by molar-refractivity contribution is -0.383. The highest BCUT2D eigenvalue weighted by Crippen LogP contribution is 2.48. The number of benzene rings is 3. The van der Waals surface area contributed by atoms with Gasteiger partial charge in [-0.15, -0.1) is 0 Å². The van der Waals surface area contributed by atoms with Crippen molar-refractivity contribution >= 4 is 33.0 Å². The van der Waals surface area contributed by atoms with Crippen molar-refractivity contribution in [1.29, 1.82) is 0 Å². The number of rotatable bonds is 4. The molecule has 0 radical (unpaired) electrons. The first-order valence-electron chi connectivity index (χ1n) is 18.3. The Balaban J connectivity index is 2.41. The molecule has 0 unspecified atom stereocenters. The first-order chi connectivity index (χ1) is 22.4. The van der Waals surface area contributed by atoms with E-state index in [1.165, 1.54) is 36.4 Å². The summed E-state index contributed by atoms with van der Waals surface area (Å²) in [4.78, 5) is 11.0. The molecule has 4 nitrogen and oxygen atoms in total. The topological polar surface area (TPSA) is 55.2 Å². The van der Waals surface area contributed by atoms with Gasteiger partial charge in [0.25, 0.3) is 5.69 Å². The normalized spacial score (nSPS) is 30.3. The van der Waals surface area contributed by atoms with E-state index in [4.69, 9.17) is 24.7 Å². The number of fused-ring (bicyclic) bond motifs is 1. The molecule has 0 amide bonds. The summed E-state index contributed by atoms with van der Waals surface area (Å²) in [5, 5.41) is 14.5. The van der Waals surface area contributed by atoms with E-state index in [2.05, 4.69) is 21.2 Å². The molecule has 1 aliphatic rings. The predicted octanol–water partition coefficient (Wildman–Crippen LogP) is 8.12. The van der Waals surface area contributed by atoms with E-state index in [1.807, 2.05) is 0 Å². The average Bonchev–Trinajstić information content (AvgIpc) is 2.91. The van der Waals surface area contributed by atoms with Crippen molar-refractivity contribution in [3.05, 3.63) is 86.3 Å². The molecule has 0 bridgehead atoms. The summed E-state index contributed by atoms with van der Waals surface area (Å²) in [6.07, 6.45) is -8.91. The van der Waals surface area contributed by atoms with Crippen molar-refractivity contribution in [2.45, 2.75) is 51.0 Å². The zero-order valence-electron chi connectivity index (χ0n) is 34.7. The zero-order chi connectivity index (χ0) is 38.6. The monoisotopic (exact) mass is 497 g/mol. The third kappa shape index (κ3) is 3.99. The first kappa shape index (κ1) is 8.36. The summed E-state index contributed by atoms with van der Waals surface area (Å²) in [6, 6.07) is 5.11. The quantitative estimate of drug-likeness (QED) is 0.292. The fourth-order valence-electron chi connectivity index (χ4n) is 3.15. The molecule has 5 heteroatoms. The fourth-order valence-corrected chi connectivity index (χ4v) is 3.61. The number of nitrogens with one attached hydrogen (secondary N) is 1. The van der Waals surface area contributed by atoms with Crippen molar-refractivity contribution in [3.8, 4) is 11.1 Å². The van der Waals surface area contributed by atoms with Crippen LogP contribution in [0.5, 0.6) is 0 Å². The zero-order valence-corrected chi connectivity index (χ0v) is 17.3. The minimum atomic E-state index is -4.46. The van der Waals surface area contributed by atoms with E-state index in [-0.39, 0.29) is 21.4 Å². The summed E-state index contributed by atoms with van der Waals surface area (Å²) in [5.74, 6) is 0. The molecule has 1 aliphatic carbocycles. The molecule has 0 aliphatic heterocycles. The molecule has 160 valence electrons. The van der Waals surface area contributed by atoms with Gasteiger partial charge in [0, 0.05) is 38.0 Å². The Morgan fingerprint density at radius 2 is 1.77 bits per heavy atom. The Morgan fingerprint density at radius 1 is 1.06 bits per heavy atom. The van der Waals surface area contributed by atoms with Gasteiger partial charge in [0.15, 0.2) is 0 Å². The third-order valence-electron chi connectivity index (χ3n) is 4.64. The van der Waals surface area contributed by atoms with Crippen molar-refractivity contribution < 1.29 is 31.0 Å². The summed E-state index contributed by atoms with van der Waals surface area (Å²) in [6.45, 7) is -16.7. The number of halogens is 1. The first-order valence-corrected chi connectivity index (χ1v) is 9.64. The van der Waals surface area contributed by atoms with Crippen LogP contribution in [0.25, 0.3) is 11.1 Å². The van der Waals surface area contributed by atoms with Crippen LogP contribution < -0.4 is 5.32 Å². The summed E-state index contributed by atoms with van der Waals surface area (Å²) in [5.41, 5.74) is -13.5. The van der Waals surface area contributed by atoms with Gasteiger partial charge in [0.2, 0.25) is 0 Å². The maximum atomic E-state index is 11.8. The maximum Gasteiger partial charge on any atom is 0.292 e. The molecule has 31 heavy (non-hydrogen) atoms. The number of hydrogen-bond donors (Lipinski definition) is 1. The molecule has 1 N–H and O–H groups in total. The van der Waals surface area contributed by atoms with Crippen molar-refractivity contribution in [3.63, 3.8) is 0 Å². The SMILES string of the molecule is [2H]c1c([2H])c2c(c([2H])c1-c1cccc(Br)c1Nc1ccccc1[N+](=O)[O-])C(C([2H])([2H])[2H])(C([2H])([2H])[2H])C([2H])([2H])C([2H])([2H])C2(C([2H])([2H])[2H])C([2H])([2H])[2H]. The Hall–Kier alpha value is -2.66. The third-order valence-corrected chi connectivity index (χ3v) is 5.30. The van der Waals surface area contributed by atoms with Gasteiger partial charge in [0.1, 0.15) is 5.69 Å². The Labute approximate surface area is 218 Å². The van der Waals surface area contributed by atoms with Gasteiger partial charge in [-0.2, -0.15) is 0 Å². The van der Waals surface area contributed by atoms with Crippen molar-refractivity contribution in [2.75, 3.05) is 5.32 Å². The molecule has 0 atom stereocenters. The second-order valence-corrected chi connectivity index (χ2v) is 7.67. The van der Waals surface area contributed by atoms with E-state index < -0.39 is 96.4 Å². The minimum absolute atomic E-state index is 0.0973. The second kappa shape index (κ2) is 7.79. The van der Waals surface area contributed by atoms with Gasteiger partial charge in [-0.1, -0.05) is 69.8 Å². The van der Waals surface area contributed by atoms with Crippen LogP contribution in [0.15, 0.2) is 65.1 Å². The predicted molar refractivity (Wildman–Crippen MR) is 131 cm³/mol. The molecule has 0 fully saturated rings. The molecule has 0 saturated heterocycles. The average molecular weight is 499 g/mol. The van der Waals surface area contributed by atoms with Gasteiger partial charge >= 0.3 is 0 Å².